The van der Waals surface area contributed by atoms with Crippen molar-refractivity contribution in [3.05, 3.63) is 34.9 Å². The van der Waals surface area contributed by atoms with E-state index >= 15 is 0 Å². The molecule has 0 aliphatic rings. The summed E-state index contributed by atoms with van der Waals surface area (Å²) < 4.78 is 15.1. The first-order chi connectivity index (χ1) is 7.18. The van der Waals surface area contributed by atoms with Crippen LogP contribution in [-0.4, -0.2) is 0 Å². The lowest BCUT2D eigenvalue weighted by molar-refractivity contribution is 0.586. The van der Waals surface area contributed by atoms with Crippen molar-refractivity contribution >= 4 is 0 Å². The average molecular weight is 189 g/mol. The van der Waals surface area contributed by atoms with E-state index in [1.54, 1.807) is 18.2 Å². The number of hydrogen-bond donors (Lipinski definition) is 0. The van der Waals surface area contributed by atoms with Gasteiger partial charge in [0, 0.05) is 2.74 Å². The third-order valence-corrected chi connectivity index (χ3v) is 2.23. The highest BCUT2D eigenvalue weighted by molar-refractivity contribution is 5.36. The van der Waals surface area contributed by atoms with Gasteiger partial charge in [0.1, 0.15) is 0 Å². The van der Waals surface area contributed by atoms with Crippen LogP contribution in [0.4, 0.5) is 0 Å². The van der Waals surface area contributed by atoms with E-state index in [9.17, 15) is 0 Å². The molecular weight excluding hydrogens is 170 g/mol. The van der Waals surface area contributed by atoms with E-state index in [4.69, 9.17) is 8.00 Å². The Morgan fingerprint density at radius 3 is 2.50 bits per heavy atom. The van der Waals surface area contributed by atoms with Gasteiger partial charge in [0.15, 0.2) is 0 Å². The molecule has 1 aromatic rings. The van der Waals surface area contributed by atoms with Crippen LogP contribution in [0.2, 0.25) is 0 Å². The van der Waals surface area contributed by atoms with Crippen molar-refractivity contribution in [1.29, 1.82) is 5.26 Å². The topological polar surface area (TPSA) is 23.8 Å². The van der Waals surface area contributed by atoms with Crippen LogP contribution in [0.15, 0.2) is 18.2 Å². The number of nitriles is 1. The minimum atomic E-state index is -1.90. The van der Waals surface area contributed by atoms with E-state index in [1.165, 1.54) is 5.56 Å². The van der Waals surface area contributed by atoms with Crippen molar-refractivity contribution in [2.75, 3.05) is 0 Å². The molecule has 1 aromatic carbocycles. The molecule has 0 aromatic heterocycles. The molecule has 0 radical (unpaired) electrons. The first kappa shape index (κ1) is 8.05. The Morgan fingerprint density at radius 1 is 1.43 bits per heavy atom. The zero-order valence-corrected chi connectivity index (χ0v) is 9.18. The lowest BCUT2D eigenvalue weighted by atomic mass is 9.83. The summed E-state index contributed by atoms with van der Waals surface area (Å²) in [5, 5.41) is 8.74. The summed E-state index contributed by atoms with van der Waals surface area (Å²) in [5.41, 5.74) is 2.69. The molecule has 1 heteroatoms. The second-order valence-electron chi connectivity index (χ2n) is 4.52. The maximum atomic E-state index is 8.74. The number of benzene rings is 1. The molecule has 0 fully saturated rings. The normalized spacial score (nSPS) is 14.2. The van der Waals surface area contributed by atoms with Crippen LogP contribution in [0.25, 0.3) is 0 Å². The molecule has 74 valence electrons. The highest BCUT2D eigenvalue weighted by Gasteiger charge is 2.15. The van der Waals surface area contributed by atoms with Crippen LogP contribution in [0.3, 0.4) is 0 Å². The van der Waals surface area contributed by atoms with Gasteiger partial charge in [0.2, 0.25) is 0 Å². The third kappa shape index (κ3) is 2.35. The quantitative estimate of drug-likeness (QED) is 0.664. The fraction of sp³-hybridized carbons (Fsp3) is 0.462. The van der Waals surface area contributed by atoms with E-state index in [0.717, 1.165) is 5.56 Å². The molecule has 0 amide bonds. The third-order valence-electron chi connectivity index (χ3n) is 2.23. The number of hydrogen-bond acceptors (Lipinski definition) is 1. The Hall–Kier alpha value is -1.29. The molecule has 0 heterocycles. The van der Waals surface area contributed by atoms with Gasteiger partial charge in [0.25, 0.3) is 0 Å². The van der Waals surface area contributed by atoms with Gasteiger partial charge in [-0.3, -0.25) is 0 Å². The summed E-state index contributed by atoms with van der Waals surface area (Å²) in [5.74, 6) is 0. The SMILES string of the molecule is [2H]C([2H])(C#N)c1ccc(C(C)(C)C)c(C)c1. The zero-order valence-electron chi connectivity index (χ0n) is 11.2. The van der Waals surface area contributed by atoms with Gasteiger partial charge in [0.05, 0.1) is 12.4 Å². The Bertz CT molecular complexity index is 436. The van der Waals surface area contributed by atoms with Crippen molar-refractivity contribution in [3.8, 4) is 6.07 Å². The summed E-state index contributed by atoms with van der Waals surface area (Å²) in [4.78, 5) is 0. The predicted octanol–water partition coefficient (Wildman–Crippen LogP) is 3.36. The maximum absolute atomic E-state index is 8.74. The van der Waals surface area contributed by atoms with E-state index in [0.29, 0.717) is 5.56 Å². The summed E-state index contributed by atoms with van der Waals surface area (Å²) in [6, 6.07) is 7.07. The van der Waals surface area contributed by atoms with Gasteiger partial charge < -0.3 is 0 Å². The second-order valence-corrected chi connectivity index (χ2v) is 4.52. The van der Waals surface area contributed by atoms with E-state index in [-0.39, 0.29) is 5.41 Å². The van der Waals surface area contributed by atoms with Gasteiger partial charge >= 0.3 is 0 Å². The fourth-order valence-corrected chi connectivity index (χ4v) is 1.65. The second kappa shape index (κ2) is 3.84. The predicted molar refractivity (Wildman–Crippen MR) is 59.2 cm³/mol. The first-order valence-electron chi connectivity index (χ1n) is 5.71. The minimum Gasteiger partial charge on any atom is -0.198 e. The Kier molecular flexibility index (Phi) is 2.21. The Morgan fingerprint density at radius 2 is 2.07 bits per heavy atom. The average Bonchev–Trinajstić information content (AvgIpc) is 2.15. The lowest BCUT2D eigenvalue weighted by Gasteiger charge is -2.21. The molecule has 0 saturated heterocycles. The number of aryl methyl sites for hydroxylation is 1. The van der Waals surface area contributed by atoms with Crippen molar-refractivity contribution in [3.63, 3.8) is 0 Å². The van der Waals surface area contributed by atoms with E-state index in [2.05, 4.69) is 20.8 Å². The largest absolute Gasteiger partial charge is 0.198 e. The highest BCUT2D eigenvalue weighted by Crippen LogP contribution is 2.26. The summed E-state index contributed by atoms with van der Waals surface area (Å²) in [7, 11) is 0. The number of nitrogens with zero attached hydrogens (tertiary/aromatic N) is 1. The van der Waals surface area contributed by atoms with Crippen LogP contribution >= 0.6 is 0 Å². The number of rotatable bonds is 1. The van der Waals surface area contributed by atoms with Crippen molar-refractivity contribution < 1.29 is 2.74 Å². The zero-order chi connectivity index (χ0) is 12.6. The molecular formula is C13H17N. The molecule has 0 spiro atoms. The molecule has 0 aliphatic heterocycles. The van der Waals surface area contributed by atoms with Crippen molar-refractivity contribution in [1.82, 2.24) is 0 Å². The van der Waals surface area contributed by atoms with Crippen LogP contribution < -0.4 is 0 Å². The Balaban J connectivity index is 3.26. The lowest BCUT2D eigenvalue weighted by Crippen LogP contribution is -2.13. The van der Waals surface area contributed by atoms with Gasteiger partial charge in [-0.2, -0.15) is 5.26 Å². The van der Waals surface area contributed by atoms with Crippen LogP contribution in [0, 0.1) is 18.3 Å². The minimum absolute atomic E-state index is 0.0436. The fourth-order valence-electron chi connectivity index (χ4n) is 1.65. The van der Waals surface area contributed by atoms with E-state index in [1.807, 2.05) is 13.0 Å². The van der Waals surface area contributed by atoms with Crippen molar-refractivity contribution in [2.24, 2.45) is 0 Å². The van der Waals surface area contributed by atoms with Gasteiger partial charge in [-0.15, -0.1) is 0 Å². The standard InChI is InChI=1S/C13H17N/c1-10-9-11(7-8-14)5-6-12(10)13(2,3)4/h5-6,9H,7H2,1-4H3/i7D2. The molecule has 0 saturated carbocycles. The molecule has 0 unspecified atom stereocenters. The molecule has 1 nitrogen and oxygen atoms in total. The molecule has 0 bridgehead atoms. The van der Waals surface area contributed by atoms with Gasteiger partial charge in [-0.05, 0) is 29.0 Å². The molecule has 0 atom stereocenters. The molecule has 0 aliphatic carbocycles. The van der Waals surface area contributed by atoms with Gasteiger partial charge in [-0.25, -0.2) is 0 Å². The molecule has 1 rings (SSSR count). The summed E-state index contributed by atoms with van der Waals surface area (Å²) >= 11 is 0. The molecule has 0 N–H and O–H groups in total. The smallest absolute Gasteiger partial charge is 0.0669 e. The highest BCUT2D eigenvalue weighted by atomic mass is 14.2. The Labute approximate surface area is 89.2 Å². The van der Waals surface area contributed by atoms with Gasteiger partial charge in [-0.1, -0.05) is 39.0 Å². The molecule has 14 heavy (non-hydrogen) atoms. The van der Waals surface area contributed by atoms with Crippen molar-refractivity contribution in [2.45, 2.75) is 39.5 Å². The van der Waals surface area contributed by atoms with E-state index < -0.39 is 6.37 Å². The van der Waals surface area contributed by atoms with Crippen LogP contribution in [-0.2, 0) is 11.8 Å². The summed E-state index contributed by atoms with van der Waals surface area (Å²) in [6.45, 7) is 8.31. The maximum Gasteiger partial charge on any atom is 0.0669 e. The van der Waals surface area contributed by atoms with Crippen LogP contribution in [0.5, 0.6) is 0 Å². The summed E-state index contributed by atoms with van der Waals surface area (Å²) in [6.07, 6.45) is -1.90. The van der Waals surface area contributed by atoms with Crippen LogP contribution in [0.1, 0.15) is 40.2 Å². The first-order valence-corrected chi connectivity index (χ1v) is 4.71. The monoisotopic (exact) mass is 189 g/mol.